The largest absolute Gasteiger partial charge is 1.00 e. The van der Waals surface area contributed by atoms with E-state index in [4.69, 9.17) is 0 Å². The van der Waals surface area contributed by atoms with Crippen LogP contribution in [-0.2, 0) is 23.2 Å². The van der Waals surface area contributed by atoms with Crippen molar-refractivity contribution >= 4 is 55.8 Å². The average Bonchev–Trinajstić information content (AvgIpc) is 3.43. The maximum atomic E-state index is 3.92. The summed E-state index contributed by atoms with van der Waals surface area (Å²) in [5, 5.41) is 0. The Bertz CT molecular complexity index is 1530. The number of allylic oxidation sites excluding steroid dienone is 2. The number of fused-ring (bicyclic) bond motifs is 3. The monoisotopic (exact) mass is 912 g/mol. The number of benzene rings is 4. The van der Waals surface area contributed by atoms with Crippen molar-refractivity contribution in [3.8, 4) is 0 Å². The van der Waals surface area contributed by atoms with E-state index in [1.807, 2.05) is 11.8 Å². The van der Waals surface area contributed by atoms with Gasteiger partial charge in [-0.3, -0.25) is 0 Å². The van der Waals surface area contributed by atoms with Crippen LogP contribution in [0, 0.1) is 0 Å². The van der Waals surface area contributed by atoms with Crippen LogP contribution < -0.4 is 48.0 Å². The van der Waals surface area contributed by atoms with E-state index < -0.39 is 23.2 Å². The first-order valence-corrected chi connectivity index (χ1v) is 16.2. The van der Waals surface area contributed by atoms with Crippen LogP contribution in [0.5, 0.6) is 0 Å². The molecular weight excluding hydrogens is 897 g/mol. The van der Waals surface area contributed by atoms with Crippen LogP contribution in [-0.4, -0.2) is 0 Å². The molecule has 6 bridgehead atoms. The first kappa shape index (κ1) is 27.6. The molecular formula is C30H18Br2I2SZr. The van der Waals surface area contributed by atoms with Crippen LogP contribution in [0.2, 0.25) is 0 Å². The maximum absolute atomic E-state index is 3.92. The Balaban J connectivity index is 0.00000133. The molecule has 0 spiro atoms. The molecule has 6 heteroatoms. The third-order valence-corrected chi connectivity index (χ3v) is 13.0. The predicted molar refractivity (Wildman–Crippen MR) is 145 cm³/mol. The van der Waals surface area contributed by atoms with Crippen molar-refractivity contribution in [3.63, 3.8) is 0 Å². The zero-order valence-corrected chi connectivity index (χ0v) is 29.6. The molecule has 2 unspecified atom stereocenters. The smallest absolute Gasteiger partial charge is 1.00 e. The van der Waals surface area contributed by atoms with Crippen molar-refractivity contribution in [1.82, 2.24) is 0 Å². The third-order valence-electron chi connectivity index (χ3n) is 6.95. The molecule has 0 amide bonds. The van der Waals surface area contributed by atoms with Crippen molar-refractivity contribution in [2.45, 2.75) is 21.6 Å². The molecule has 2 aliphatic carbocycles. The Morgan fingerprint density at radius 1 is 0.611 bits per heavy atom. The molecule has 0 radical (unpaired) electrons. The summed E-state index contributed by atoms with van der Waals surface area (Å²) < 4.78 is 5.74. The van der Waals surface area contributed by atoms with Crippen LogP contribution in [0.25, 0.3) is 12.2 Å². The molecule has 36 heavy (non-hydrogen) atoms. The van der Waals surface area contributed by atoms with Gasteiger partial charge in [-0.15, -0.1) is 0 Å². The number of halogens is 4. The van der Waals surface area contributed by atoms with Gasteiger partial charge in [0.15, 0.2) is 0 Å². The van der Waals surface area contributed by atoms with Gasteiger partial charge < -0.3 is 48.0 Å². The topological polar surface area (TPSA) is 0 Å². The molecule has 2 heterocycles. The summed E-state index contributed by atoms with van der Waals surface area (Å²) in [4.78, 5) is 2.69. The molecule has 0 saturated carbocycles. The SMILES string of the molecule is Brc1cccc2c1C(c1ccccc1)[C]([Zr+2][C]1=Cc3c4ccc(Br)c3C1c1ccc(cc1)S4)=C2.[I-].[I-]. The summed E-state index contributed by atoms with van der Waals surface area (Å²) in [7, 11) is 0. The fourth-order valence-electron chi connectivity index (χ4n) is 5.48. The van der Waals surface area contributed by atoms with E-state index in [1.165, 1.54) is 52.1 Å². The van der Waals surface area contributed by atoms with E-state index in [-0.39, 0.29) is 48.0 Å². The molecule has 4 aromatic carbocycles. The zero-order valence-electron chi connectivity index (χ0n) is 18.8. The van der Waals surface area contributed by atoms with Gasteiger partial charge in [0.05, 0.1) is 0 Å². The molecule has 4 aromatic rings. The normalized spacial score (nSPS) is 17.9. The summed E-state index contributed by atoms with van der Waals surface area (Å²) >= 11 is 8.62. The molecule has 0 N–H and O–H groups in total. The van der Waals surface area contributed by atoms with E-state index in [2.05, 4.69) is 129 Å². The van der Waals surface area contributed by atoms with Crippen molar-refractivity contribution in [3.05, 3.63) is 134 Å². The molecule has 2 atom stereocenters. The van der Waals surface area contributed by atoms with Crippen LogP contribution in [0.3, 0.4) is 0 Å². The van der Waals surface area contributed by atoms with E-state index in [9.17, 15) is 0 Å². The van der Waals surface area contributed by atoms with Crippen LogP contribution in [0.15, 0.2) is 110 Å². The van der Waals surface area contributed by atoms with Gasteiger partial charge in [0.25, 0.3) is 0 Å². The number of hydrogen-bond acceptors (Lipinski definition) is 1. The first-order valence-electron chi connectivity index (χ1n) is 11.3. The molecule has 176 valence electrons. The van der Waals surface area contributed by atoms with E-state index >= 15 is 0 Å². The maximum Gasteiger partial charge on any atom is -1.00 e. The Hall–Kier alpha value is 0.0131. The summed E-state index contributed by atoms with van der Waals surface area (Å²) in [6.07, 6.45) is 5.06. The van der Waals surface area contributed by atoms with Gasteiger partial charge in [-0.2, -0.15) is 0 Å². The zero-order chi connectivity index (χ0) is 22.8. The summed E-state index contributed by atoms with van der Waals surface area (Å²) in [6, 6.07) is 31.5. The van der Waals surface area contributed by atoms with Gasteiger partial charge in [0.1, 0.15) is 0 Å². The summed E-state index contributed by atoms with van der Waals surface area (Å²) in [5.41, 5.74) is 8.51. The van der Waals surface area contributed by atoms with E-state index in [0.29, 0.717) is 11.8 Å². The van der Waals surface area contributed by atoms with Gasteiger partial charge >= 0.3 is 234 Å². The Kier molecular flexibility index (Phi) is 8.61. The van der Waals surface area contributed by atoms with E-state index in [1.54, 1.807) is 6.56 Å². The molecule has 0 nitrogen and oxygen atoms in total. The first-order chi connectivity index (χ1) is 16.7. The van der Waals surface area contributed by atoms with Crippen molar-refractivity contribution in [2.75, 3.05) is 0 Å². The Morgan fingerprint density at radius 3 is 2.06 bits per heavy atom. The van der Waals surface area contributed by atoms with E-state index in [0.717, 1.165) is 0 Å². The second kappa shape index (κ2) is 11.2. The standard InChI is InChI=1S/C15H8BrS.C15H10Br.2HI.Zr/c16-13-7-8-14-12-6-5-11(15(12)13)9-1-3-10(17-14)4-2-9;16-14-8-4-7-12-9-10-13(15(12)14)11-5-2-1-3-6-11;;;/h1-4,6-8,11H;1-9,13H;2*1H;/q;;;;+2/p-2. The minimum absolute atomic E-state index is 0. The Labute approximate surface area is 278 Å². The second-order valence-corrected chi connectivity index (χ2v) is 15.2. The van der Waals surface area contributed by atoms with Gasteiger partial charge in [-0.05, 0) is 0 Å². The molecule has 0 aromatic heterocycles. The quantitative estimate of drug-likeness (QED) is 0.285. The third kappa shape index (κ3) is 4.68. The molecule has 0 saturated heterocycles. The molecule has 4 aliphatic rings. The minimum Gasteiger partial charge on any atom is -1.00 e. The van der Waals surface area contributed by atoms with Crippen molar-refractivity contribution in [2.24, 2.45) is 0 Å². The second-order valence-electron chi connectivity index (χ2n) is 8.89. The number of rotatable bonds is 3. The summed E-state index contributed by atoms with van der Waals surface area (Å²) in [5.74, 6) is 0.698. The van der Waals surface area contributed by atoms with Gasteiger partial charge in [0.2, 0.25) is 0 Å². The average molecular weight is 915 g/mol. The van der Waals surface area contributed by atoms with Crippen LogP contribution in [0.4, 0.5) is 0 Å². The van der Waals surface area contributed by atoms with Gasteiger partial charge in [-0.25, -0.2) is 0 Å². The molecule has 0 fully saturated rings. The van der Waals surface area contributed by atoms with Crippen molar-refractivity contribution < 1.29 is 71.2 Å². The Morgan fingerprint density at radius 2 is 1.28 bits per heavy atom. The number of hydrogen-bond donors (Lipinski definition) is 0. The minimum atomic E-state index is -1.07. The molecule has 2 aliphatic heterocycles. The van der Waals surface area contributed by atoms with Crippen molar-refractivity contribution in [1.29, 1.82) is 0 Å². The van der Waals surface area contributed by atoms with Crippen LogP contribution >= 0.6 is 43.6 Å². The fourth-order valence-corrected chi connectivity index (χ4v) is 11.8. The predicted octanol–water partition coefficient (Wildman–Crippen LogP) is 3.44. The van der Waals surface area contributed by atoms with Gasteiger partial charge in [0, 0.05) is 0 Å². The summed E-state index contributed by atoms with van der Waals surface area (Å²) in [6.45, 7) is 0. The van der Waals surface area contributed by atoms with Gasteiger partial charge in [-0.1, -0.05) is 0 Å². The van der Waals surface area contributed by atoms with Crippen LogP contribution in [0.1, 0.15) is 45.2 Å². The molecule has 8 rings (SSSR count). The fraction of sp³-hybridized carbons (Fsp3) is 0.0667.